The van der Waals surface area contributed by atoms with E-state index in [1.165, 1.54) is 12.8 Å². The lowest BCUT2D eigenvalue weighted by molar-refractivity contribution is -0.136. The molecular formula is C16H26N4OS. The van der Waals surface area contributed by atoms with E-state index >= 15 is 0 Å². The third-order valence-corrected chi connectivity index (χ3v) is 5.44. The normalized spacial score (nSPS) is 19.9. The number of carbonyl (C=O) groups excluding carboxylic acids is 1. The number of hydrogen-bond donors (Lipinski definition) is 1. The maximum atomic E-state index is 12.5. The average molecular weight is 322 g/mol. The molecule has 22 heavy (non-hydrogen) atoms. The minimum absolute atomic E-state index is 0.192. The highest BCUT2D eigenvalue weighted by atomic mass is 32.1. The predicted molar refractivity (Wildman–Crippen MR) is 88.3 cm³/mol. The Morgan fingerprint density at radius 3 is 2.45 bits per heavy atom. The summed E-state index contributed by atoms with van der Waals surface area (Å²) < 4.78 is 2.98. The Kier molecular flexibility index (Phi) is 4.66. The van der Waals surface area contributed by atoms with E-state index in [9.17, 15) is 4.79 Å². The van der Waals surface area contributed by atoms with Gasteiger partial charge in [-0.2, -0.15) is 5.10 Å². The maximum Gasteiger partial charge on any atom is 0.225 e. The summed E-state index contributed by atoms with van der Waals surface area (Å²) in [4.78, 5) is 14.5. The summed E-state index contributed by atoms with van der Waals surface area (Å²) in [6.07, 6.45) is 6.31. The Bertz CT molecular complexity index is 577. The van der Waals surface area contributed by atoms with Gasteiger partial charge in [-0.1, -0.05) is 13.8 Å². The molecule has 2 aliphatic rings. The van der Waals surface area contributed by atoms with E-state index in [4.69, 9.17) is 12.2 Å². The summed E-state index contributed by atoms with van der Waals surface area (Å²) in [5, 5.41) is 7.44. The summed E-state index contributed by atoms with van der Waals surface area (Å²) in [5.41, 5.74) is 0. The zero-order valence-electron chi connectivity index (χ0n) is 13.5. The molecule has 1 N–H and O–H groups in total. The van der Waals surface area contributed by atoms with E-state index in [0.717, 1.165) is 49.4 Å². The first kappa shape index (κ1) is 15.7. The first-order valence-corrected chi connectivity index (χ1v) is 9.02. The van der Waals surface area contributed by atoms with E-state index in [1.807, 2.05) is 0 Å². The Labute approximate surface area is 137 Å². The summed E-state index contributed by atoms with van der Waals surface area (Å²) in [6.45, 7) is 5.91. The van der Waals surface area contributed by atoms with E-state index in [-0.39, 0.29) is 5.92 Å². The van der Waals surface area contributed by atoms with Gasteiger partial charge in [0.15, 0.2) is 4.77 Å². The Morgan fingerprint density at radius 1 is 1.27 bits per heavy atom. The number of piperidine rings is 1. The van der Waals surface area contributed by atoms with Crippen LogP contribution in [0.3, 0.4) is 0 Å². The smallest absolute Gasteiger partial charge is 0.225 e. The quantitative estimate of drug-likeness (QED) is 0.845. The van der Waals surface area contributed by atoms with Crippen LogP contribution in [-0.2, 0) is 4.79 Å². The number of nitrogens with zero attached hydrogens (tertiary/aromatic N) is 3. The van der Waals surface area contributed by atoms with Crippen molar-refractivity contribution in [1.29, 1.82) is 0 Å². The summed E-state index contributed by atoms with van der Waals surface area (Å²) in [6, 6.07) is 0.561. The predicted octanol–water partition coefficient (Wildman–Crippen LogP) is 3.42. The summed E-state index contributed by atoms with van der Waals surface area (Å²) >= 11 is 5.37. The number of hydrogen-bond acceptors (Lipinski definition) is 3. The SMILES string of the molecule is CCC(CC)C(=O)N1CCC(c2n[nH]c(=S)n2C2CC2)CC1. The second-order valence-electron chi connectivity index (χ2n) is 6.60. The third-order valence-electron chi connectivity index (χ3n) is 5.15. The summed E-state index contributed by atoms with van der Waals surface area (Å²) in [7, 11) is 0. The van der Waals surface area contributed by atoms with Gasteiger partial charge in [0.25, 0.3) is 0 Å². The lowest BCUT2D eigenvalue weighted by atomic mass is 9.93. The van der Waals surface area contributed by atoms with Gasteiger partial charge >= 0.3 is 0 Å². The van der Waals surface area contributed by atoms with Crippen molar-refractivity contribution >= 4 is 18.1 Å². The largest absolute Gasteiger partial charge is 0.342 e. The number of H-pyrrole nitrogens is 1. The van der Waals surface area contributed by atoms with Crippen molar-refractivity contribution in [1.82, 2.24) is 19.7 Å². The second-order valence-corrected chi connectivity index (χ2v) is 6.99. The Hall–Kier alpha value is -1.17. The molecule has 6 heteroatoms. The monoisotopic (exact) mass is 322 g/mol. The van der Waals surface area contributed by atoms with E-state index in [1.54, 1.807) is 0 Å². The van der Waals surface area contributed by atoms with Gasteiger partial charge in [0.1, 0.15) is 5.82 Å². The van der Waals surface area contributed by atoms with Crippen molar-refractivity contribution in [3.8, 4) is 0 Å². The van der Waals surface area contributed by atoms with E-state index in [0.29, 0.717) is 17.9 Å². The molecule has 0 atom stereocenters. The molecule has 0 radical (unpaired) electrons. The molecule has 0 aromatic carbocycles. The molecule has 1 aliphatic heterocycles. The van der Waals surface area contributed by atoms with Crippen LogP contribution < -0.4 is 0 Å². The number of carbonyl (C=O) groups is 1. The molecule has 0 bridgehead atoms. The molecule has 1 amide bonds. The van der Waals surface area contributed by atoms with Gasteiger partial charge in [0, 0.05) is 31.0 Å². The van der Waals surface area contributed by atoms with Gasteiger partial charge in [-0.05, 0) is 50.7 Å². The number of aromatic amines is 1. The molecule has 1 aliphatic carbocycles. The highest BCUT2D eigenvalue weighted by Crippen LogP contribution is 2.39. The van der Waals surface area contributed by atoms with Crippen molar-refractivity contribution in [3.63, 3.8) is 0 Å². The van der Waals surface area contributed by atoms with Gasteiger partial charge in [0.2, 0.25) is 5.91 Å². The van der Waals surface area contributed by atoms with E-state index < -0.39 is 0 Å². The minimum atomic E-state index is 0.192. The standard InChI is InChI=1S/C16H26N4OS/c1-3-11(4-2)15(21)19-9-7-12(8-10-19)14-17-18-16(22)20(14)13-5-6-13/h11-13H,3-10H2,1-2H3,(H,18,22). The van der Waals surface area contributed by atoms with Gasteiger partial charge in [-0.25, -0.2) is 0 Å². The fraction of sp³-hybridized carbons (Fsp3) is 0.812. The Morgan fingerprint density at radius 2 is 1.91 bits per heavy atom. The van der Waals surface area contributed by atoms with Crippen LogP contribution in [0.5, 0.6) is 0 Å². The molecule has 1 aromatic heterocycles. The van der Waals surface area contributed by atoms with Gasteiger partial charge in [-0.3, -0.25) is 9.89 Å². The van der Waals surface area contributed by atoms with Gasteiger partial charge < -0.3 is 9.47 Å². The molecule has 3 rings (SSSR count). The Balaban J connectivity index is 1.65. The number of aromatic nitrogens is 3. The molecule has 1 saturated carbocycles. The number of amides is 1. The van der Waals surface area contributed by atoms with Crippen LogP contribution in [-0.4, -0.2) is 38.7 Å². The fourth-order valence-electron chi connectivity index (χ4n) is 3.54. The van der Waals surface area contributed by atoms with Crippen LogP contribution in [0.15, 0.2) is 0 Å². The highest BCUT2D eigenvalue weighted by molar-refractivity contribution is 7.71. The number of nitrogens with one attached hydrogen (secondary N) is 1. The fourth-order valence-corrected chi connectivity index (χ4v) is 3.83. The van der Waals surface area contributed by atoms with Crippen LogP contribution in [0.25, 0.3) is 0 Å². The van der Waals surface area contributed by atoms with Crippen molar-refractivity contribution in [2.45, 2.75) is 64.3 Å². The zero-order chi connectivity index (χ0) is 15.7. The number of likely N-dealkylation sites (tertiary alicyclic amines) is 1. The lowest BCUT2D eigenvalue weighted by Crippen LogP contribution is -2.41. The lowest BCUT2D eigenvalue weighted by Gasteiger charge is -2.33. The first-order chi connectivity index (χ1) is 10.7. The van der Waals surface area contributed by atoms with Gasteiger partial charge in [-0.15, -0.1) is 0 Å². The van der Waals surface area contributed by atoms with Crippen LogP contribution in [0.4, 0.5) is 0 Å². The van der Waals surface area contributed by atoms with Crippen molar-refractivity contribution < 1.29 is 4.79 Å². The molecule has 0 spiro atoms. The second kappa shape index (κ2) is 6.52. The topological polar surface area (TPSA) is 53.9 Å². The summed E-state index contributed by atoms with van der Waals surface area (Å²) in [5.74, 6) is 2.07. The van der Waals surface area contributed by atoms with E-state index in [2.05, 4.69) is 33.5 Å². The molecule has 122 valence electrons. The zero-order valence-corrected chi connectivity index (χ0v) is 14.4. The van der Waals surface area contributed by atoms with Crippen LogP contribution >= 0.6 is 12.2 Å². The maximum absolute atomic E-state index is 12.5. The molecule has 0 unspecified atom stereocenters. The van der Waals surface area contributed by atoms with Crippen LogP contribution in [0.2, 0.25) is 0 Å². The highest BCUT2D eigenvalue weighted by Gasteiger charge is 2.33. The van der Waals surface area contributed by atoms with Crippen molar-refractivity contribution in [2.75, 3.05) is 13.1 Å². The number of rotatable bonds is 5. The molecule has 1 aromatic rings. The third kappa shape index (κ3) is 2.98. The molecular weight excluding hydrogens is 296 g/mol. The molecule has 2 fully saturated rings. The van der Waals surface area contributed by atoms with Crippen LogP contribution in [0.1, 0.15) is 70.2 Å². The van der Waals surface area contributed by atoms with Crippen molar-refractivity contribution in [3.05, 3.63) is 10.6 Å². The molecule has 2 heterocycles. The average Bonchev–Trinajstić information content (AvgIpc) is 3.31. The molecule has 5 nitrogen and oxygen atoms in total. The van der Waals surface area contributed by atoms with Gasteiger partial charge in [0.05, 0.1) is 0 Å². The molecule has 1 saturated heterocycles. The first-order valence-electron chi connectivity index (χ1n) is 8.61. The minimum Gasteiger partial charge on any atom is -0.342 e. The van der Waals surface area contributed by atoms with Crippen LogP contribution in [0, 0.1) is 10.7 Å². The van der Waals surface area contributed by atoms with Crippen molar-refractivity contribution in [2.24, 2.45) is 5.92 Å².